The van der Waals surface area contributed by atoms with E-state index in [9.17, 15) is 5.11 Å². The molecule has 2 aromatic heterocycles. The van der Waals surface area contributed by atoms with Crippen LogP contribution in [0.15, 0.2) is 30.6 Å². The van der Waals surface area contributed by atoms with Crippen LogP contribution in [-0.4, -0.2) is 19.9 Å². The lowest BCUT2D eigenvalue weighted by molar-refractivity contribution is 0.175. The van der Waals surface area contributed by atoms with Crippen LogP contribution in [-0.2, 0) is 13.5 Å². The normalized spacial score (nSPS) is 12.7. The first-order valence-electron chi connectivity index (χ1n) is 5.24. The average Bonchev–Trinajstić information content (AvgIpc) is 2.59. The van der Waals surface area contributed by atoms with Gasteiger partial charge >= 0.3 is 0 Å². The molecule has 0 aliphatic heterocycles. The maximum Gasteiger partial charge on any atom is 0.0860 e. The number of rotatable bonds is 3. The first-order chi connectivity index (χ1) is 7.66. The summed E-state index contributed by atoms with van der Waals surface area (Å²) in [6.45, 7) is 1.94. The van der Waals surface area contributed by atoms with Gasteiger partial charge in [0.25, 0.3) is 0 Å². The molecular formula is C12H15N3O. The fourth-order valence-electron chi connectivity index (χ4n) is 1.74. The van der Waals surface area contributed by atoms with Crippen molar-refractivity contribution in [1.29, 1.82) is 0 Å². The molecule has 4 nitrogen and oxygen atoms in total. The van der Waals surface area contributed by atoms with Crippen molar-refractivity contribution in [3.8, 4) is 0 Å². The fraction of sp³-hybridized carbons (Fsp3) is 0.333. The molecule has 2 rings (SSSR count). The second-order valence-electron chi connectivity index (χ2n) is 3.91. The van der Waals surface area contributed by atoms with Crippen molar-refractivity contribution in [2.75, 3.05) is 0 Å². The van der Waals surface area contributed by atoms with E-state index in [2.05, 4.69) is 10.1 Å². The van der Waals surface area contributed by atoms with Gasteiger partial charge in [0.2, 0.25) is 0 Å². The number of hydrogen-bond acceptors (Lipinski definition) is 3. The Morgan fingerprint density at radius 1 is 1.50 bits per heavy atom. The summed E-state index contributed by atoms with van der Waals surface area (Å²) < 4.78 is 1.80. The highest BCUT2D eigenvalue weighted by atomic mass is 16.3. The van der Waals surface area contributed by atoms with Gasteiger partial charge < -0.3 is 5.11 Å². The van der Waals surface area contributed by atoms with Gasteiger partial charge in [-0.1, -0.05) is 6.07 Å². The molecule has 0 bridgehead atoms. The molecule has 0 saturated carbocycles. The van der Waals surface area contributed by atoms with Gasteiger partial charge in [0.05, 0.1) is 11.8 Å². The minimum Gasteiger partial charge on any atom is -0.388 e. The molecule has 2 aromatic rings. The average molecular weight is 217 g/mol. The predicted octanol–water partition coefficient (Wildman–Crippen LogP) is 1.40. The maximum atomic E-state index is 10.0. The quantitative estimate of drug-likeness (QED) is 0.845. The smallest absolute Gasteiger partial charge is 0.0860 e. The van der Waals surface area contributed by atoms with Crippen molar-refractivity contribution in [3.63, 3.8) is 0 Å². The molecular weight excluding hydrogens is 202 g/mol. The highest BCUT2D eigenvalue weighted by Crippen LogP contribution is 2.17. The Hall–Kier alpha value is -1.68. The van der Waals surface area contributed by atoms with Crippen LogP contribution < -0.4 is 0 Å². The third kappa shape index (κ3) is 2.28. The molecule has 1 atom stereocenters. The van der Waals surface area contributed by atoms with E-state index in [0.717, 1.165) is 17.0 Å². The molecule has 4 heteroatoms. The van der Waals surface area contributed by atoms with Gasteiger partial charge in [-0.3, -0.25) is 9.67 Å². The van der Waals surface area contributed by atoms with Crippen molar-refractivity contribution in [2.24, 2.45) is 7.05 Å². The predicted molar refractivity (Wildman–Crippen MR) is 60.8 cm³/mol. The van der Waals surface area contributed by atoms with E-state index in [0.29, 0.717) is 6.42 Å². The van der Waals surface area contributed by atoms with Gasteiger partial charge in [0.15, 0.2) is 0 Å². The molecule has 0 aliphatic rings. The standard InChI is InChI=1S/C12H15N3O/c1-9-6-11(15(2)14-9)7-12(16)10-4-3-5-13-8-10/h3-6,8,12,16H,7H2,1-2H3. The van der Waals surface area contributed by atoms with Crippen LogP contribution in [0.5, 0.6) is 0 Å². The Bertz CT molecular complexity index is 464. The van der Waals surface area contributed by atoms with E-state index in [1.165, 1.54) is 0 Å². The minimum absolute atomic E-state index is 0.525. The van der Waals surface area contributed by atoms with Crippen LogP contribution >= 0.6 is 0 Å². The molecule has 0 radical (unpaired) electrons. The molecule has 1 unspecified atom stereocenters. The summed E-state index contributed by atoms with van der Waals surface area (Å²) in [5.41, 5.74) is 2.83. The fourth-order valence-corrected chi connectivity index (χ4v) is 1.74. The minimum atomic E-state index is -0.525. The molecule has 1 N–H and O–H groups in total. The van der Waals surface area contributed by atoms with Crippen LogP contribution in [0.1, 0.15) is 23.1 Å². The lowest BCUT2D eigenvalue weighted by Crippen LogP contribution is -2.06. The number of aliphatic hydroxyl groups excluding tert-OH is 1. The molecule has 0 aliphatic carbocycles. The number of nitrogens with zero attached hydrogens (tertiary/aromatic N) is 3. The third-order valence-corrected chi connectivity index (χ3v) is 2.57. The van der Waals surface area contributed by atoms with Crippen molar-refractivity contribution >= 4 is 0 Å². The summed E-state index contributed by atoms with van der Waals surface area (Å²) >= 11 is 0. The first-order valence-corrected chi connectivity index (χ1v) is 5.24. The van der Waals surface area contributed by atoms with Crippen molar-refractivity contribution in [1.82, 2.24) is 14.8 Å². The van der Waals surface area contributed by atoms with E-state index in [-0.39, 0.29) is 0 Å². The zero-order valence-electron chi connectivity index (χ0n) is 9.46. The van der Waals surface area contributed by atoms with E-state index >= 15 is 0 Å². The van der Waals surface area contributed by atoms with Crippen LogP contribution in [0.2, 0.25) is 0 Å². The van der Waals surface area contributed by atoms with E-state index in [1.54, 1.807) is 17.1 Å². The topological polar surface area (TPSA) is 50.9 Å². The summed E-state index contributed by atoms with van der Waals surface area (Å²) in [6.07, 6.45) is 3.42. The second kappa shape index (κ2) is 4.45. The second-order valence-corrected chi connectivity index (χ2v) is 3.91. The van der Waals surface area contributed by atoms with Crippen LogP contribution in [0.4, 0.5) is 0 Å². The molecule has 0 aromatic carbocycles. The van der Waals surface area contributed by atoms with Gasteiger partial charge in [-0.2, -0.15) is 5.10 Å². The molecule has 84 valence electrons. The Kier molecular flexibility index (Phi) is 3.01. The van der Waals surface area contributed by atoms with Crippen LogP contribution in [0.3, 0.4) is 0 Å². The lowest BCUT2D eigenvalue weighted by atomic mass is 10.1. The van der Waals surface area contributed by atoms with Crippen LogP contribution in [0, 0.1) is 6.92 Å². The summed E-state index contributed by atoms with van der Waals surface area (Å²) in [5.74, 6) is 0. The van der Waals surface area contributed by atoms with Crippen molar-refractivity contribution in [2.45, 2.75) is 19.4 Å². The molecule has 0 fully saturated rings. The highest BCUT2D eigenvalue weighted by Gasteiger charge is 2.11. The summed E-state index contributed by atoms with van der Waals surface area (Å²) in [5, 5.41) is 14.3. The number of aryl methyl sites for hydroxylation is 2. The van der Waals surface area contributed by atoms with Gasteiger partial charge in [0, 0.05) is 31.6 Å². The Morgan fingerprint density at radius 3 is 2.88 bits per heavy atom. The number of aromatic nitrogens is 3. The zero-order chi connectivity index (χ0) is 11.5. The zero-order valence-corrected chi connectivity index (χ0v) is 9.46. The molecule has 16 heavy (non-hydrogen) atoms. The largest absolute Gasteiger partial charge is 0.388 e. The van der Waals surface area contributed by atoms with Gasteiger partial charge in [-0.25, -0.2) is 0 Å². The maximum absolute atomic E-state index is 10.0. The van der Waals surface area contributed by atoms with E-state index in [1.807, 2.05) is 32.2 Å². The van der Waals surface area contributed by atoms with E-state index < -0.39 is 6.10 Å². The third-order valence-electron chi connectivity index (χ3n) is 2.57. The monoisotopic (exact) mass is 217 g/mol. The van der Waals surface area contributed by atoms with Crippen LogP contribution in [0.25, 0.3) is 0 Å². The number of hydrogen-bond donors (Lipinski definition) is 1. The summed E-state index contributed by atoms with van der Waals surface area (Å²) in [4.78, 5) is 3.99. The Morgan fingerprint density at radius 2 is 2.31 bits per heavy atom. The molecule has 2 heterocycles. The number of aliphatic hydroxyl groups is 1. The Balaban J connectivity index is 2.14. The number of pyridine rings is 1. The lowest BCUT2D eigenvalue weighted by Gasteiger charge is -2.10. The summed E-state index contributed by atoms with van der Waals surface area (Å²) in [7, 11) is 1.89. The van der Waals surface area contributed by atoms with Gasteiger partial charge in [-0.05, 0) is 24.6 Å². The first kappa shape index (κ1) is 10.8. The SMILES string of the molecule is Cc1cc(CC(O)c2cccnc2)n(C)n1. The van der Waals surface area contributed by atoms with Crippen molar-refractivity contribution in [3.05, 3.63) is 47.5 Å². The van der Waals surface area contributed by atoms with Gasteiger partial charge in [-0.15, -0.1) is 0 Å². The highest BCUT2D eigenvalue weighted by molar-refractivity contribution is 5.16. The van der Waals surface area contributed by atoms with Crippen molar-refractivity contribution < 1.29 is 5.11 Å². The van der Waals surface area contributed by atoms with Gasteiger partial charge in [0.1, 0.15) is 0 Å². The molecule has 0 spiro atoms. The molecule has 0 amide bonds. The Labute approximate surface area is 94.6 Å². The summed E-state index contributed by atoms with van der Waals surface area (Å²) in [6, 6.07) is 5.69. The molecule has 0 saturated heterocycles. The van der Waals surface area contributed by atoms with E-state index in [4.69, 9.17) is 0 Å².